The molecule has 0 bridgehead atoms. The standard InChI is InChI=1S/C21H26N4/c1-3-22-16-24(20-12-7-5-10-18(20)22)14-9-15-25-17-23(4-2)19-11-6-8-13-21(19)25/h5-8,10-13,16-17H,3-4,9,14-15H2,1-2H3/q+2. The topological polar surface area (TPSA) is 17.6 Å². The Hall–Kier alpha value is -2.62. The van der Waals surface area contributed by atoms with Crippen LogP contribution < -0.4 is 9.13 Å². The van der Waals surface area contributed by atoms with Gasteiger partial charge in [-0.25, -0.2) is 18.3 Å². The van der Waals surface area contributed by atoms with Gasteiger partial charge in [-0.1, -0.05) is 24.3 Å². The summed E-state index contributed by atoms with van der Waals surface area (Å²) in [7, 11) is 0. The molecule has 25 heavy (non-hydrogen) atoms. The number of hydrogen-bond acceptors (Lipinski definition) is 0. The molecular weight excluding hydrogens is 308 g/mol. The third kappa shape index (κ3) is 2.82. The molecule has 0 amide bonds. The van der Waals surface area contributed by atoms with Crippen molar-refractivity contribution in [3.05, 3.63) is 61.2 Å². The van der Waals surface area contributed by atoms with E-state index >= 15 is 0 Å². The van der Waals surface area contributed by atoms with E-state index in [1.165, 1.54) is 22.1 Å². The predicted octanol–water partition coefficient (Wildman–Crippen LogP) is 3.30. The van der Waals surface area contributed by atoms with Crippen molar-refractivity contribution >= 4 is 22.1 Å². The van der Waals surface area contributed by atoms with Crippen molar-refractivity contribution < 1.29 is 9.13 Å². The summed E-state index contributed by atoms with van der Waals surface area (Å²) in [6.07, 6.45) is 5.63. The first-order chi connectivity index (χ1) is 12.3. The highest BCUT2D eigenvalue weighted by molar-refractivity contribution is 5.72. The van der Waals surface area contributed by atoms with Gasteiger partial charge in [-0.2, -0.15) is 0 Å². The highest BCUT2D eigenvalue weighted by Crippen LogP contribution is 2.12. The summed E-state index contributed by atoms with van der Waals surface area (Å²) in [6.45, 7) is 8.48. The molecule has 0 unspecified atom stereocenters. The molecule has 0 saturated heterocycles. The smallest absolute Gasteiger partial charge is 0.230 e. The molecule has 0 aliphatic rings. The van der Waals surface area contributed by atoms with Crippen LogP contribution in [0.15, 0.2) is 61.2 Å². The van der Waals surface area contributed by atoms with Gasteiger partial charge in [0.15, 0.2) is 22.1 Å². The lowest BCUT2D eigenvalue weighted by molar-refractivity contribution is -0.703. The van der Waals surface area contributed by atoms with E-state index in [0.29, 0.717) is 0 Å². The Morgan fingerprint density at radius 2 is 1.12 bits per heavy atom. The van der Waals surface area contributed by atoms with Crippen LogP contribution in [0.3, 0.4) is 0 Å². The fourth-order valence-corrected chi connectivity index (χ4v) is 3.76. The van der Waals surface area contributed by atoms with E-state index in [0.717, 1.165) is 32.6 Å². The molecule has 0 N–H and O–H groups in total. The van der Waals surface area contributed by atoms with Crippen LogP contribution >= 0.6 is 0 Å². The van der Waals surface area contributed by atoms with Gasteiger partial charge in [0.25, 0.3) is 0 Å². The molecule has 0 aliphatic heterocycles. The van der Waals surface area contributed by atoms with Crippen LogP contribution in [-0.2, 0) is 26.2 Å². The molecule has 4 aromatic rings. The van der Waals surface area contributed by atoms with E-state index in [9.17, 15) is 0 Å². The number of aromatic nitrogens is 4. The van der Waals surface area contributed by atoms with Gasteiger partial charge in [-0.05, 0) is 38.1 Å². The normalized spacial score (nSPS) is 11.6. The Balaban J connectivity index is 1.56. The van der Waals surface area contributed by atoms with Gasteiger partial charge in [0.05, 0.1) is 26.2 Å². The van der Waals surface area contributed by atoms with E-state index in [1.807, 2.05) is 0 Å². The maximum atomic E-state index is 2.39. The zero-order valence-electron chi connectivity index (χ0n) is 15.1. The van der Waals surface area contributed by atoms with E-state index < -0.39 is 0 Å². The lowest BCUT2D eigenvalue weighted by Crippen LogP contribution is -2.38. The van der Waals surface area contributed by atoms with Crippen LogP contribution in [0.25, 0.3) is 22.1 Å². The van der Waals surface area contributed by atoms with Gasteiger partial charge < -0.3 is 0 Å². The van der Waals surface area contributed by atoms with Gasteiger partial charge >= 0.3 is 0 Å². The second-order valence-corrected chi connectivity index (χ2v) is 6.52. The number of para-hydroxylation sites is 4. The van der Waals surface area contributed by atoms with Crippen molar-refractivity contribution in [1.29, 1.82) is 0 Å². The van der Waals surface area contributed by atoms with Crippen LogP contribution in [0.5, 0.6) is 0 Å². The van der Waals surface area contributed by atoms with E-state index in [2.05, 4.69) is 93.3 Å². The molecule has 0 aliphatic carbocycles. The zero-order valence-corrected chi connectivity index (χ0v) is 15.1. The number of rotatable bonds is 6. The predicted molar refractivity (Wildman–Crippen MR) is 100 cm³/mol. The number of benzene rings is 2. The molecule has 4 heteroatoms. The Labute approximate surface area is 148 Å². The van der Waals surface area contributed by atoms with Gasteiger partial charge in [0, 0.05) is 6.42 Å². The maximum Gasteiger partial charge on any atom is 0.244 e. The Bertz CT molecular complexity index is 927. The summed E-state index contributed by atoms with van der Waals surface area (Å²) < 4.78 is 9.42. The molecular formula is C21H26N4+2. The number of nitrogens with zero attached hydrogens (tertiary/aromatic N) is 4. The highest BCUT2D eigenvalue weighted by atomic mass is 15.1. The summed E-state index contributed by atoms with van der Waals surface area (Å²) in [5, 5.41) is 0. The van der Waals surface area contributed by atoms with Crippen LogP contribution in [0.4, 0.5) is 0 Å². The van der Waals surface area contributed by atoms with Crippen LogP contribution in [-0.4, -0.2) is 9.13 Å². The van der Waals surface area contributed by atoms with Crippen LogP contribution in [0.2, 0.25) is 0 Å². The molecule has 0 radical (unpaired) electrons. The summed E-state index contributed by atoms with van der Waals surface area (Å²) in [5.74, 6) is 0. The van der Waals surface area contributed by atoms with E-state index in [1.54, 1.807) is 0 Å². The van der Waals surface area contributed by atoms with Crippen molar-refractivity contribution in [3.8, 4) is 0 Å². The average Bonchev–Trinajstić information content (AvgIpc) is 3.20. The minimum Gasteiger partial charge on any atom is -0.230 e. The average molecular weight is 334 g/mol. The molecule has 0 atom stereocenters. The monoisotopic (exact) mass is 334 g/mol. The highest BCUT2D eigenvalue weighted by Gasteiger charge is 2.16. The molecule has 2 heterocycles. The minimum atomic E-state index is 1.01. The number of aryl methyl sites for hydroxylation is 4. The van der Waals surface area contributed by atoms with Crippen molar-refractivity contribution in [2.45, 2.75) is 46.4 Å². The summed E-state index contributed by atoms with van der Waals surface area (Å²) >= 11 is 0. The van der Waals surface area contributed by atoms with Gasteiger partial charge in [-0.15, -0.1) is 0 Å². The molecule has 0 fully saturated rings. The molecule has 2 aromatic heterocycles. The first-order valence-corrected chi connectivity index (χ1v) is 9.26. The summed E-state index contributed by atoms with van der Waals surface area (Å²) in [6, 6.07) is 17.3. The number of hydrogen-bond donors (Lipinski definition) is 0. The van der Waals surface area contributed by atoms with Crippen LogP contribution in [0.1, 0.15) is 20.3 Å². The largest absolute Gasteiger partial charge is 0.244 e. The van der Waals surface area contributed by atoms with E-state index in [-0.39, 0.29) is 0 Å². The first kappa shape index (κ1) is 15.9. The SMILES string of the molecule is CCn1c[n+](CCC[n+]2cn(CC)c3ccccc32)c2ccccc21. The van der Waals surface area contributed by atoms with Crippen molar-refractivity contribution in [2.24, 2.45) is 0 Å². The van der Waals surface area contributed by atoms with Crippen molar-refractivity contribution in [3.63, 3.8) is 0 Å². The summed E-state index contributed by atoms with van der Waals surface area (Å²) in [5.41, 5.74) is 5.29. The van der Waals surface area contributed by atoms with Gasteiger partial charge in [-0.3, -0.25) is 0 Å². The maximum absolute atomic E-state index is 2.39. The van der Waals surface area contributed by atoms with Crippen molar-refractivity contribution in [2.75, 3.05) is 0 Å². The fraction of sp³-hybridized carbons (Fsp3) is 0.333. The second-order valence-electron chi connectivity index (χ2n) is 6.52. The molecule has 128 valence electrons. The van der Waals surface area contributed by atoms with Gasteiger partial charge in [0.1, 0.15) is 0 Å². The fourth-order valence-electron chi connectivity index (χ4n) is 3.76. The third-order valence-corrected chi connectivity index (χ3v) is 5.04. The van der Waals surface area contributed by atoms with Gasteiger partial charge in [0.2, 0.25) is 12.7 Å². The Morgan fingerprint density at radius 3 is 1.56 bits per heavy atom. The molecule has 0 saturated carbocycles. The summed E-state index contributed by atoms with van der Waals surface area (Å²) in [4.78, 5) is 0. The first-order valence-electron chi connectivity index (χ1n) is 9.26. The van der Waals surface area contributed by atoms with Crippen LogP contribution in [0, 0.1) is 0 Å². The lowest BCUT2D eigenvalue weighted by Gasteiger charge is -1.98. The molecule has 4 nitrogen and oxygen atoms in total. The molecule has 4 rings (SSSR count). The quantitative estimate of drug-likeness (QED) is 0.482. The zero-order chi connectivity index (χ0) is 17.2. The number of imidazole rings is 2. The molecule has 2 aromatic carbocycles. The minimum absolute atomic E-state index is 1.01. The Kier molecular flexibility index (Phi) is 4.26. The molecule has 0 spiro atoms. The Morgan fingerprint density at radius 1 is 0.680 bits per heavy atom. The lowest BCUT2D eigenvalue weighted by atomic mass is 10.3. The second kappa shape index (κ2) is 6.71. The van der Waals surface area contributed by atoms with E-state index in [4.69, 9.17) is 0 Å². The third-order valence-electron chi connectivity index (χ3n) is 5.04. The number of fused-ring (bicyclic) bond motifs is 2. The van der Waals surface area contributed by atoms with Crippen molar-refractivity contribution in [1.82, 2.24) is 9.13 Å².